The smallest absolute Gasteiger partial charge is 0.333 e. The van der Waals surface area contributed by atoms with Crippen molar-refractivity contribution in [3.8, 4) is 0 Å². The normalized spacial score (nSPS) is 9.79. The number of carbonyl (C=O) groups excluding carboxylic acids is 2. The summed E-state index contributed by atoms with van der Waals surface area (Å²) in [6.45, 7) is 12.5. The van der Waals surface area contributed by atoms with Crippen molar-refractivity contribution in [2.75, 3.05) is 26.3 Å². The van der Waals surface area contributed by atoms with E-state index in [1.54, 1.807) is 13.8 Å². The lowest BCUT2D eigenvalue weighted by atomic mass is 10.3. The lowest BCUT2D eigenvalue weighted by Gasteiger charge is -2.07. The van der Waals surface area contributed by atoms with E-state index in [9.17, 15) is 9.59 Å². The first-order chi connectivity index (χ1) is 8.95. The van der Waals surface area contributed by atoms with Crippen LogP contribution in [0.4, 0.5) is 0 Å². The monoisotopic (exact) mass is 269 g/mol. The van der Waals surface area contributed by atoms with E-state index in [1.165, 1.54) is 0 Å². The zero-order valence-electron chi connectivity index (χ0n) is 11.8. The largest absolute Gasteiger partial charge is 0.462 e. The molecule has 0 aliphatic heterocycles. The van der Waals surface area contributed by atoms with E-state index in [2.05, 4.69) is 18.5 Å². The molecule has 0 aromatic rings. The minimum absolute atomic E-state index is 0.355. The van der Waals surface area contributed by atoms with E-state index in [1.807, 2.05) is 0 Å². The lowest BCUT2D eigenvalue weighted by Crippen LogP contribution is -2.20. The maximum atomic E-state index is 11.0. The van der Waals surface area contributed by atoms with Gasteiger partial charge in [0.2, 0.25) is 0 Å². The molecule has 0 rings (SSSR count). The van der Waals surface area contributed by atoms with E-state index < -0.39 is 0 Å². The van der Waals surface area contributed by atoms with Crippen LogP contribution in [0.25, 0.3) is 0 Å². The van der Waals surface area contributed by atoms with Gasteiger partial charge in [0, 0.05) is 11.1 Å². The molecule has 0 bridgehead atoms. The summed E-state index contributed by atoms with van der Waals surface area (Å²) >= 11 is 0. The van der Waals surface area contributed by atoms with Gasteiger partial charge in [-0.2, -0.15) is 0 Å². The van der Waals surface area contributed by atoms with Gasteiger partial charge in [-0.15, -0.1) is 0 Å². The second-order valence-electron chi connectivity index (χ2n) is 4.29. The van der Waals surface area contributed by atoms with Gasteiger partial charge >= 0.3 is 11.9 Å². The second kappa shape index (κ2) is 10.3. The van der Waals surface area contributed by atoms with Crippen LogP contribution >= 0.6 is 0 Å². The van der Waals surface area contributed by atoms with Gasteiger partial charge in [-0.05, 0) is 39.8 Å². The minimum Gasteiger partial charge on any atom is -0.462 e. The summed E-state index contributed by atoms with van der Waals surface area (Å²) in [7, 11) is 0. The third-order valence-electron chi connectivity index (χ3n) is 2.16. The van der Waals surface area contributed by atoms with Crippen LogP contribution in [-0.2, 0) is 19.1 Å². The Labute approximate surface area is 114 Å². The summed E-state index contributed by atoms with van der Waals surface area (Å²) in [5.74, 6) is -0.710. The summed E-state index contributed by atoms with van der Waals surface area (Å²) in [6.07, 6.45) is 1.48. The van der Waals surface area contributed by atoms with Gasteiger partial charge in [0.05, 0.1) is 13.2 Å². The molecule has 0 saturated carbocycles. The molecule has 19 heavy (non-hydrogen) atoms. The SMILES string of the molecule is C=C(C)C(=O)OCCCNCCCOC(=O)C(=C)C. The van der Waals surface area contributed by atoms with Crippen molar-refractivity contribution in [1.82, 2.24) is 5.32 Å². The zero-order chi connectivity index (χ0) is 14.7. The van der Waals surface area contributed by atoms with E-state index in [0.717, 1.165) is 25.9 Å². The Morgan fingerprint density at radius 1 is 0.895 bits per heavy atom. The third kappa shape index (κ3) is 10.0. The molecule has 0 spiro atoms. The first kappa shape index (κ1) is 17.4. The predicted molar refractivity (Wildman–Crippen MR) is 73.6 cm³/mol. The van der Waals surface area contributed by atoms with Gasteiger partial charge in [-0.1, -0.05) is 13.2 Å². The lowest BCUT2D eigenvalue weighted by molar-refractivity contribution is -0.139. The summed E-state index contributed by atoms with van der Waals surface area (Å²) in [6, 6.07) is 0. The molecule has 0 aliphatic rings. The standard InChI is InChI=1S/C14H23NO4/c1-11(2)13(16)18-9-5-7-15-8-6-10-19-14(17)12(3)4/h15H,1,3,5-10H2,2,4H3. The van der Waals surface area contributed by atoms with Crippen molar-refractivity contribution in [1.29, 1.82) is 0 Å². The van der Waals surface area contributed by atoms with Crippen molar-refractivity contribution in [2.45, 2.75) is 26.7 Å². The van der Waals surface area contributed by atoms with Gasteiger partial charge in [0.1, 0.15) is 0 Å². The number of carbonyl (C=O) groups is 2. The van der Waals surface area contributed by atoms with Gasteiger partial charge in [-0.3, -0.25) is 0 Å². The predicted octanol–water partition coefficient (Wildman–Crippen LogP) is 1.59. The Kier molecular flexibility index (Phi) is 9.44. The molecule has 0 amide bonds. The van der Waals surface area contributed by atoms with Crippen molar-refractivity contribution in [3.05, 3.63) is 24.3 Å². The molecule has 0 radical (unpaired) electrons. The number of ether oxygens (including phenoxy) is 2. The van der Waals surface area contributed by atoms with Crippen molar-refractivity contribution in [3.63, 3.8) is 0 Å². The van der Waals surface area contributed by atoms with Crippen LogP contribution in [0.3, 0.4) is 0 Å². The molecule has 0 saturated heterocycles. The number of hydrogen-bond acceptors (Lipinski definition) is 5. The summed E-state index contributed by atoms with van der Waals surface area (Å²) in [4.78, 5) is 22.1. The highest BCUT2D eigenvalue weighted by Gasteiger charge is 2.02. The van der Waals surface area contributed by atoms with Crippen LogP contribution in [0.2, 0.25) is 0 Å². The Hall–Kier alpha value is -1.62. The molecule has 108 valence electrons. The van der Waals surface area contributed by atoms with E-state index in [-0.39, 0.29) is 11.9 Å². The summed E-state index contributed by atoms with van der Waals surface area (Å²) in [5, 5.41) is 3.16. The molecule has 0 aromatic heterocycles. The van der Waals surface area contributed by atoms with Gasteiger partial charge in [0.15, 0.2) is 0 Å². The maximum Gasteiger partial charge on any atom is 0.333 e. The topological polar surface area (TPSA) is 64.6 Å². The molecule has 0 aliphatic carbocycles. The van der Waals surface area contributed by atoms with Gasteiger partial charge in [-0.25, -0.2) is 9.59 Å². The fraction of sp³-hybridized carbons (Fsp3) is 0.571. The molecule has 0 unspecified atom stereocenters. The minimum atomic E-state index is -0.355. The van der Waals surface area contributed by atoms with Crippen LogP contribution in [0.5, 0.6) is 0 Å². The molecule has 5 heteroatoms. The van der Waals surface area contributed by atoms with E-state index in [4.69, 9.17) is 9.47 Å². The van der Waals surface area contributed by atoms with Crippen LogP contribution in [0.15, 0.2) is 24.3 Å². The average molecular weight is 269 g/mol. The summed E-state index contributed by atoms with van der Waals surface area (Å²) < 4.78 is 9.86. The fourth-order valence-corrected chi connectivity index (χ4v) is 1.10. The highest BCUT2D eigenvalue weighted by molar-refractivity contribution is 5.87. The zero-order valence-corrected chi connectivity index (χ0v) is 11.8. The maximum absolute atomic E-state index is 11.0. The number of rotatable bonds is 10. The highest BCUT2D eigenvalue weighted by atomic mass is 16.5. The molecular weight excluding hydrogens is 246 g/mol. The molecular formula is C14H23NO4. The van der Waals surface area contributed by atoms with E-state index in [0.29, 0.717) is 24.4 Å². The molecule has 0 fully saturated rings. The Morgan fingerprint density at radius 2 is 1.26 bits per heavy atom. The van der Waals surface area contributed by atoms with Crippen LogP contribution in [-0.4, -0.2) is 38.2 Å². The Balaban J connectivity index is 3.28. The molecule has 0 aromatic carbocycles. The average Bonchev–Trinajstić information content (AvgIpc) is 2.35. The second-order valence-corrected chi connectivity index (χ2v) is 4.29. The van der Waals surface area contributed by atoms with Crippen molar-refractivity contribution in [2.24, 2.45) is 0 Å². The molecule has 0 atom stereocenters. The Bertz CT molecular complexity index is 304. The van der Waals surface area contributed by atoms with Gasteiger partial charge in [0.25, 0.3) is 0 Å². The van der Waals surface area contributed by atoms with Crippen LogP contribution < -0.4 is 5.32 Å². The number of esters is 2. The molecule has 5 nitrogen and oxygen atoms in total. The van der Waals surface area contributed by atoms with Crippen LogP contribution in [0, 0.1) is 0 Å². The van der Waals surface area contributed by atoms with Crippen LogP contribution in [0.1, 0.15) is 26.7 Å². The third-order valence-corrected chi connectivity index (χ3v) is 2.16. The first-order valence-electron chi connectivity index (χ1n) is 6.31. The number of nitrogens with one attached hydrogen (secondary N) is 1. The van der Waals surface area contributed by atoms with Crippen molar-refractivity contribution < 1.29 is 19.1 Å². The molecule has 1 N–H and O–H groups in total. The summed E-state index contributed by atoms with van der Waals surface area (Å²) in [5.41, 5.74) is 0.819. The highest BCUT2D eigenvalue weighted by Crippen LogP contribution is 1.94. The Morgan fingerprint density at radius 3 is 1.58 bits per heavy atom. The number of hydrogen-bond donors (Lipinski definition) is 1. The van der Waals surface area contributed by atoms with Gasteiger partial charge < -0.3 is 14.8 Å². The quantitative estimate of drug-likeness (QED) is 0.371. The van der Waals surface area contributed by atoms with E-state index >= 15 is 0 Å². The van der Waals surface area contributed by atoms with Crippen molar-refractivity contribution >= 4 is 11.9 Å². The first-order valence-corrected chi connectivity index (χ1v) is 6.31. The fourth-order valence-electron chi connectivity index (χ4n) is 1.10. The molecule has 0 heterocycles.